The summed E-state index contributed by atoms with van der Waals surface area (Å²) in [5, 5.41) is 11.9. The Morgan fingerprint density at radius 2 is 1.85 bits per heavy atom. The largest absolute Gasteiger partial charge is 0.447 e. The summed E-state index contributed by atoms with van der Waals surface area (Å²) < 4.78 is 37.1. The van der Waals surface area contributed by atoms with Gasteiger partial charge in [0, 0.05) is 5.41 Å². The molecule has 116 valence electrons. The predicted octanol–water partition coefficient (Wildman–Crippen LogP) is -0.951. The Hall–Kier alpha value is -1.16. The number of rotatable bonds is 9. The second-order valence-electron chi connectivity index (χ2n) is 3.99. The van der Waals surface area contributed by atoms with Gasteiger partial charge in [0.05, 0.1) is 44.8 Å². The van der Waals surface area contributed by atoms with Gasteiger partial charge in [-0.25, -0.2) is 13.2 Å². The predicted molar refractivity (Wildman–Crippen MR) is 69.9 cm³/mol. The molecule has 0 bridgehead atoms. The van der Waals surface area contributed by atoms with Gasteiger partial charge < -0.3 is 24.6 Å². The summed E-state index contributed by atoms with van der Waals surface area (Å²) in [6, 6.07) is -0.541. The van der Waals surface area contributed by atoms with Crippen molar-refractivity contribution in [1.82, 2.24) is 5.32 Å². The van der Waals surface area contributed by atoms with E-state index in [1.54, 1.807) is 0 Å². The van der Waals surface area contributed by atoms with Crippen LogP contribution in [0.2, 0.25) is 0 Å². The molecule has 0 aromatic heterocycles. The Balaban J connectivity index is 1.97. The van der Waals surface area contributed by atoms with Gasteiger partial charge in [-0.05, 0) is 6.08 Å². The number of carbonyl (C=O) groups excluding carboxylic acids is 1. The molecule has 1 aliphatic rings. The molecule has 0 saturated heterocycles. The highest BCUT2D eigenvalue weighted by Gasteiger charge is 2.23. The second-order valence-corrected chi connectivity index (χ2v) is 5.92. The molecule has 2 N–H and O–H groups in total. The third kappa shape index (κ3) is 7.43. The van der Waals surface area contributed by atoms with Gasteiger partial charge in [0.1, 0.15) is 6.61 Å². The molecule has 9 heteroatoms. The number of hydrogen-bond acceptors (Lipinski definition) is 7. The number of sulfone groups is 1. The summed E-state index contributed by atoms with van der Waals surface area (Å²) in [7, 11) is -3.19. The van der Waals surface area contributed by atoms with Crippen LogP contribution in [0.4, 0.5) is 4.79 Å². The maximum atomic E-state index is 11.3. The highest BCUT2D eigenvalue weighted by atomic mass is 32.2. The van der Waals surface area contributed by atoms with E-state index < -0.39 is 22.0 Å². The fourth-order valence-electron chi connectivity index (χ4n) is 1.44. The first-order chi connectivity index (χ1) is 9.53. The van der Waals surface area contributed by atoms with Gasteiger partial charge in [0.25, 0.3) is 0 Å². The van der Waals surface area contributed by atoms with Gasteiger partial charge in [-0.3, -0.25) is 0 Å². The quantitative estimate of drug-likeness (QED) is 0.528. The van der Waals surface area contributed by atoms with Crippen LogP contribution in [0.3, 0.4) is 0 Å². The smallest absolute Gasteiger partial charge is 0.407 e. The van der Waals surface area contributed by atoms with Gasteiger partial charge in [-0.15, -0.1) is 0 Å². The number of alkyl carbamates (subject to hydrolysis) is 1. The topological polar surface area (TPSA) is 111 Å². The maximum Gasteiger partial charge on any atom is 0.407 e. The summed E-state index contributed by atoms with van der Waals surface area (Å²) in [5.74, 6) is -0.138. The monoisotopic (exact) mass is 309 g/mol. The Labute approximate surface area is 117 Å². The van der Waals surface area contributed by atoms with E-state index in [2.05, 4.69) is 5.32 Å². The molecule has 0 aromatic carbocycles. The molecule has 1 aliphatic heterocycles. The van der Waals surface area contributed by atoms with Gasteiger partial charge in [0.15, 0.2) is 9.84 Å². The summed E-state index contributed by atoms with van der Waals surface area (Å²) in [5.41, 5.74) is 0. The van der Waals surface area contributed by atoms with Crippen LogP contribution in [0.5, 0.6) is 0 Å². The zero-order valence-electron chi connectivity index (χ0n) is 11.0. The van der Waals surface area contributed by atoms with Crippen LogP contribution >= 0.6 is 0 Å². The van der Waals surface area contributed by atoms with Crippen LogP contribution in [0.25, 0.3) is 0 Å². The zero-order valence-corrected chi connectivity index (χ0v) is 11.8. The molecule has 1 heterocycles. The molecule has 0 spiro atoms. The van der Waals surface area contributed by atoms with E-state index in [0.717, 1.165) is 5.41 Å². The third-order valence-electron chi connectivity index (χ3n) is 2.30. The fourth-order valence-corrected chi connectivity index (χ4v) is 2.67. The van der Waals surface area contributed by atoms with Gasteiger partial charge in [0.2, 0.25) is 0 Å². The molecular weight excluding hydrogens is 290 g/mol. The van der Waals surface area contributed by atoms with E-state index in [-0.39, 0.29) is 32.2 Å². The summed E-state index contributed by atoms with van der Waals surface area (Å²) in [6.07, 6.45) is 0.725. The van der Waals surface area contributed by atoms with E-state index >= 15 is 0 Å². The molecule has 8 nitrogen and oxygen atoms in total. The SMILES string of the molecule is O=C(NC1C=CS(=O)(=O)C1)OCCOCCOCCO. The minimum Gasteiger partial charge on any atom is -0.447 e. The molecule has 0 aromatic rings. The summed E-state index contributed by atoms with van der Waals surface area (Å²) in [6.45, 7) is 1.21. The Morgan fingerprint density at radius 3 is 2.45 bits per heavy atom. The summed E-state index contributed by atoms with van der Waals surface area (Å²) >= 11 is 0. The molecule has 1 rings (SSSR count). The highest BCUT2D eigenvalue weighted by molar-refractivity contribution is 7.94. The molecule has 1 amide bonds. The normalized spacial score (nSPS) is 19.9. The number of amides is 1. The second kappa shape index (κ2) is 8.90. The maximum absolute atomic E-state index is 11.3. The first-order valence-corrected chi connectivity index (χ1v) is 7.85. The molecule has 1 unspecified atom stereocenters. The lowest BCUT2D eigenvalue weighted by Gasteiger charge is -2.10. The van der Waals surface area contributed by atoms with Crippen molar-refractivity contribution >= 4 is 15.9 Å². The number of carbonyl (C=O) groups is 1. The van der Waals surface area contributed by atoms with E-state index in [4.69, 9.17) is 19.3 Å². The lowest BCUT2D eigenvalue weighted by atomic mass is 10.3. The van der Waals surface area contributed by atoms with Crippen LogP contribution in [0.1, 0.15) is 0 Å². The summed E-state index contributed by atoms with van der Waals surface area (Å²) in [4.78, 5) is 11.3. The molecular formula is C11H19NO7S. The first-order valence-electron chi connectivity index (χ1n) is 6.14. The van der Waals surface area contributed by atoms with Crippen molar-refractivity contribution in [2.75, 3.05) is 45.4 Å². The molecule has 20 heavy (non-hydrogen) atoms. The minimum atomic E-state index is -3.19. The fraction of sp³-hybridized carbons (Fsp3) is 0.727. The van der Waals surface area contributed by atoms with E-state index in [1.165, 1.54) is 6.08 Å². The van der Waals surface area contributed by atoms with Gasteiger partial charge in [-0.2, -0.15) is 0 Å². The molecule has 0 radical (unpaired) electrons. The van der Waals surface area contributed by atoms with Crippen molar-refractivity contribution in [3.8, 4) is 0 Å². The number of hydrogen-bond donors (Lipinski definition) is 2. The van der Waals surface area contributed by atoms with Gasteiger partial charge >= 0.3 is 6.09 Å². The van der Waals surface area contributed by atoms with E-state index in [1.807, 2.05) is 0 Å². The van der Waals surface area contributed by atoms with Crippen molar-refractivity contribution in [3.63, 3.8) is 0 Å². The highest BCUT2D eigenvalue weighted by Crippen LogP contribution is 2.07. The average Bonchev–Trinajstić information content (AvgIpc) is 2.72. The Kier molecular flexibility index (Phi) is 7.52. The molecule has 0 aliphatic carbocycles. The van der Waals surface area contributed by atoms with Crippen LogP contribution in [0, 0.1) is 0 Å². The number of aliphatic hydroxyl groups excluding tert-OH is 1. The van der Waals surface area contributed by atoms with E-state index in [0.29, 0.717) is 13.2 Å². The van der Waals surface area contributed by atoms with Crippen molar-refractivity contribution in [1.29, 1.82) is 0 Å². The van der Waals surface area contributed by atoms with Crippen LogP contribution in [-0.4, -0.2) is 71.1 Å². The first kappa shape index (κ1) is 16.9. The molecule has 0 saturated carbocycles. The average molecular weight is 309 g/mol. The standard InChI is InChI=1S/C11H19NO7S/c13-2-3-17-4-5-18-6-7-19-11(14)12-10-1-8-20(15,16)9-10/h1,8,10,13H,2-7,9H2,(H,12,14). The van der Waals surface area contributed by atoms with Crippen LogP contribution < -0.4 is 5.32 Å². The molecule has 0 fully saturated rings. The van der Waals surface area contributed by atoms with E-state index in [9.17, 15) is 13.2 Å². The third-order valence-corrected chi connectivity index (χ3v) is 3.70. The number of aliphatic hydroxyl groups is 1. The Bertz CT molecular complexity index is 420. The zero-order chi connectivity index (χ0) is 14.8. The minimum absolute atomic E-state index is 0.0331. The Morgan fingerprint density at radius 1 is 1.20 bits per heavy atom. The van der Waals surface area contributed by atoms with Crippen LogP contribution in [0.15, 0.2) is 11.5 Å². The van der Waals surface area contributed by atoms with Gasteiger partial charge in [-0.1, -0.05) is 0 Å². The number of nitrogens with one attached hydrogen (secondary N) is 1. The van der Waals surface area contributed by atoms with Crippen molar-refractivity contribution in [2.45, 2.75) is 6.04 Å². The van der Waals surface area contributed by atoms with Crippen molar-refractivity contribution in [3.05, 3.63) is 11.5 Å². The van der Waals surface area contributed by atoms with Crippen molar-refractivity contribution < 1.29 is 32.5 Å². The lowest BCUT2D eigenvalue weighted by Crippen LogP contribution is -2.36. The van der Waals surface area contributed by atoms with Crippen molar-refractivity contribution in [2.24, 2.45) is 0 Å². The van der Waals surface area contributed by atoms with Crippen LogP contribution in [-0.2, 0) is 24.0 Å². The molecule has 1 atom stereocenters. The lowest BCUT2D eigenvalue weighted by molar-refractivity contribution is 0.0185. The number of ether oxygens (including phenoxy) is 3.